The number of esters is 3. The van der Waals surface area contributed by atoms with Crippen LogP contribution in [0.5, 0.6) is 0 Å². The molecule has 0 bridgehead atoms. The molecule has 2 aliphatic rings. The Labute approximate surface area is 151 Å². The Balaban J connectivity index is 2.11. The first-order valence-electron chi connectivity index (χ1n) is 8.44. The third-order valence-corrected chi connectivity index (χ3v) is 3.70. The lowest BCUT2D eigenvalue weighted by Gasteiger charge is -2.34. The number of carbonyl (C=O) groups is 3. The number of carbonyl (C=O) groups excluding carboxylic acids is 3. The maximum absolute atomic E-state index is 11.4. The van der Waals surface area contributed by atoms with Gasteiger partial charge in [-0.1, -0.05) is 0 Å². The highest BCUT2D eigenvalue weighted by atomic mass is 16.7. The molecule has 0 aromatic heterocycles. The molecule has 0 radical (unpaired) electrons. The lowest BCUT2D eigenvalue weighted by molar-refractivity contribution is -0.220. The summed E-state index contributed by atoms with van der Waals surface area (Å²) < 4.78 is 32.2. The second kappa shape index (κ2) is 9.65. The molecule has 26 heavy (non-hydrogen) atoms. The van der Waals surface area contributed by atoms with Gasteiger partial charge in [-0.3, -0.25) is 14.4 Å². The van der Waals surface area contributed by atoms with Gasteiger partial charge in [0.25, 0.3) is 0 Å². The van der Waals surface area contributed by atoms with Crippen molar-refractivity contribution in [2.75, 3.05) is 19.8 Å². The van der Waals surface area contributed by atoms with Gasteiger partial charge in [0.15, 0.2) is 11.9 Å². The van der Waals surface area contributed by atoms with E-state index in [1.165, 1.54) is 26.8 Å². The van der Waals surface area contributed by atoms with Crippen LogP contribution in [0.1, 0.15) is 33.6 Å². The van der Waals surface area contributed by atoms with E-state index in [-0.39, 0.29) is 25.1 Å². The molecule has 0 N–H and O–H groups in total. The van der Waals surface area contributed by atoms with Crippen LogP contribution in [0.4, 0.5) is 0 Å². The van der Waals surface area contributed by atoms with Crippen LogP contribution in [0.15, 0.2) is 11.8 Å². The Kier molecular flexibility index (Phi) is 7.55. The minimum absolute atomic E-state index is 0.0599. The number of ether oxygens (including phenoxy) is 6. The van der Waals surface area contributed by atoms with Crippen molar-refractivity contribution in [2.24, 2.45) is 0 Å². The molecule has 9 heteroatoms. The fourth-order valence-electron chi connectivity index (χ4n) is 2.63. The van der Waals surface area contributed by atoms with Crippen LogP contribution in [0.2, 0.25) is 0 Å². The zero-order valence-electron chi connectivity index (χ0n) is 15.1. The van der Waals surface area contributed by atoms with Gasteiger partial charge in [-0.2, -0.15) is 0 Å². The van der Waals surface area contributed by atoms with Crippen LogP contribution in [-0.4, -0.2) is 62.3 Å². The first-order chi connectivity index (χ1) is 12.3. The highest BCUT2D eigenvalue weighted by Gasteiger charge is 2.37. The molecule has 9 nitrogen and oxygen atoms in total. The molecule has 2 heterocycles. The zero-order valence-corrected chi connectivity index (χ0v) is 15.1. The zero-order chi connectivity index (χ0) is 19.1. The van der Waals surface area contributed by atoms with Gasteiger partial charge in [0, 0.05) is 33.5 Å². The largest absolute Gasteiger partial charge is 0.463 e. The number of hydrogen-bond donors (Lipinski definition) is 0. The summed E-state index contributed by atoms with van der Waals surface area (Å²) in [6.07, 6.45) is 0.508. The van der Waals surface area contributed by atoms with Crippen LogP contribution in [0.25, 0.3) is 0 Å². The Hall–Kier alpha value is -1.97. The average molecular weight is 372 g/mol. The number of hydrogen-bond acceptors (Lipinski definition) is 9. The Bertz CT molecular complexity index is 550. The van der Waals surface area contributed by atoms with Gasteiger partial charge >= 0.3 is 17.9 Å². The lowest BCUT2D eigenvalue weighted by atomic mass is 10.1. The van der Waals surface area contributed by atoms with Crippen LogP contribution < -0.4 is 0 Å². The molecule has 0 aromatic rings. The predicted molar refractivity (Wildman–Crippen MR) is 85.6 cm³/mol. The van der Waals surface area contributed by atoms with Gasteiger partial charge in [-0.25, -0.2) is 0 Å². The summed E-state index contributed by atoms with van der Waals surface area (Å²) in [5, 5.41) is 0. The minimum Gasteiger partial charge on any atom is -0.463 e. The van der Waals surface area contributed by atoms with Crippen molar-refractivity contribution in [1.29, 1.82) is 0 Å². The van der Waals surface area contributed by atoms with E-state index in [0.717, 1.165) is 12.8 Å². The van der Waals surface area contributed by atoms with Crippen molar-refractivity contribution in [1.82, 2.24) is 0 Å². The summed E-state index contributed by atoms with van der Waals surface area (Å²) in [6, 6.07) is 0. The Morgan fingerprint density at radius 1 is 1.12 bits per heavy atom. The lowest BCUT2D eigenvalue weighted by Crippen LogP contribution is -2.45. The standard InChI is InChI=1S/C17H24O9/c1-10(18)22-9-16-14(24-11(2)19)7-15(25-12(3)20)17(26-16)23-8-13-5-4-6-21-13/h7,13-14,16-17H,4-6,8-9H2,1-3H3/t13?,14-,16+,17-/m0/s1. The summed E-state index contributed by atoms with van der Waals surface area (Å²) in [6.45, 7) is 4.52. The van der Waals surface area contributed by atoms with E-state index in [1.807, 2.05) is 0 Å². The second-order valence-electron chi connectivity index (χ2n) is 6.01. The van der Waals surface area contributed by atoms with E-state index >= 15 is 0 Å². The van der Waals surface area contributed by atoms with E-state index < -0.39 is 36.4 Å². The van der Waals surface area contributed by atoms with E-state index in [2.05, 4.69) is 0 Å². The molecule has 0 amide bonds. The van der Waals surface area contributed by atoms with Crippen LogP contribution in [0, 0.1) is 0 Å². The summed E-state index contributed by atoms with van der Waals surface area (Å²) in [7, 11) is 0. The van der Waals surface area contributed by atoms with Crippen molar-refractivity contribution < 1.29 is 42.8 Å². The van der Waals surface area contributed by atoms with Gasteiger partial charge < -0.3 is 28.4 Å². The normalized spacial score (nSPS) is 28.2. The molecule has 2 aliphatic heterocycles. The van der Waals surface area contributed by atoms with Crippen LogP contribution >= 0.6 is 0 Å². The first kappa shape index (κ1) is 20.3. The molecule has 0 aromatic carbocycles. The smallest absolute Gasteiger partial charge is 0.307 e. The quantitative estimate of drug-likeness (QED) is 0.475. The molecule has 4 atom stereocenters. The molecule has 146 valence electrons. The minimum atomic E-state index is -1.00. The highest BCUT2D eigenvalue weighted by Crippen LogP contribution is 2.26. The topological polar surface area (TPSA) is 107 Å². The second-order valence-corrected chi connectivity index (χ2v) is 6.01. The predicted octanol–water partition coefficient (Wildman–Crippen LogP) is 0.849. The van der Waals surface area contributed by atoms with E-state index in [4.69, 9.17) is 28.4 Å². The summed E-state index contributed by atoms with van der Waals surface area (Å²) in [5.41, 5.74) is 0. The average Bonchev–Trinajstić information content (AvgIpc) is 3.05. The van der Waals surface area contributed by atoms with Crippen molar-refractivity contribution in [2.45, 2.75) is 58.2 Å². The molecule has 0 aliphatic carbocycles. The number of rotatable bonds is 7. The SMILES string of the molecule is CC(=O)OC[C@H]1O[C@H](OCC2CCCO2)C(OC(C)=O)=C[C@@H]1OC(C)=O. The Morgan fingerprint density at radius 3 is 2.46 bits per heavy atom. The van der Waals surface area contributed by atoms with Gasteiger partial charge in [-0.15, -0.1) is 0 Å². The molecule has 1 fully saturated rings. The van der Waals surface area contributed by atoms with Crippen molar-refractivity contribution in [3.63, 3.8) is 0 Å². The molecule has 1 unspecified atom stereocenters. The van der Waals surface area contributed by atoms with E-state index in [1.54, 1.807) is 0 Å². The van der Waals surface area contributed by atoms with Gasteiger partial charge in [0.1, 0.15) is 12.7 Å². The Morgan fingerprint density at radius 2 is 1.88 bits per heavy atom. The van der Waals surface area contributed by atoms with E-state index in [0.29, 0.717) is 6.61 Å². The van der Waals surface area contributed by atoms with Crippen molar-refractivity contribution >= 4 is 17.9 Å². The summed E-state index contributed by atoms with van der Waals surface area (Å²) in [4.78, 5) is 33.8. The third kappa shape index (κ3) is 6.40. The molecule has 0 saturated carbocycles. The van der Waals surface area contributed by atoms with Crippen LogP contribution in [0.3, 0.4) is 0 Å². The van der Waals surface area contributed by atoms with Crippen molar-refractivity contribution in [3.05, 3.63) is 11.8 Å². The maximum Gasteiger partial charge on any atom is 0.307 e. The molecule has 0 spiro atoms. The van der Waals surface area contributed by atoms with Crippen LogP contribution in [-0.2, 0) is 42.8 Å². The maximum atomic E-state index is 11.4. The van der Waals surface area contributed by atoms with Crippen molar-refractivity contribution in [3.8, 4) is 0 Å². The summed E-state index contributed by atoms with van der Waals surface area (Å²) >= 11 is 0. The molecular weight excluding hydrogens is 348 g/mol. The fourth-order valence-corrected chi connectivity index (χ4v) is 2.63. The highest BCUT2D eigenvalue weighted by molar-refractivity contribution is 5.68. The molecular formula is C17H24O9. The first-order valence-corrected chi connectivity index (χ1v) is 8.44. The summed E-state index contributed by atoms with van der Waals surface area (Å²) in [5.74, 6) is -1.53. The molecule has 1 saturated heterocycles. The molecule has 2 rings (SSSR count). The third-order valence-electron chi connectivity index (χ3n) is 3.70. The van der Waals surface area contributed by atoms with Gasteiger partial charge in [-0.05, 0) is 12.8 Å². The van der Waals surface area contributed by atoms with Gasteiger partial charge in [0.2, 0.25) is 6.29 Å². The van der Waals surface area contributed by atoms with Gasteiger partial charge in [0.05, 0.1) is 12.7 Å². The fraction of sp³-hybridized carbons (Fsp3) is 0.706. The monoisotopic (exact) mass is 372 g/mol. The van der Waals surface area contributed by atoms with E-state index in [9.17, 15) is 14.4 Å².